The number of benzene rings is 2. The van der Waals surface area contributed by atoms with Gasteiger partial charge < -0.3 is 0 Å². The number of thioether (sulfide) groups is 1. The normalized spacial score (nSPS) is 10.7. The van der Waals surface area contributed by atoms with E-state index in [0.717, 1.165) is 36.8 Å². The molecule has 0 aliphatic heterocycles. The van der Waals surface area contributed by atoms with Gasteiger partial charge in [0.2, 0.25) is 0 Å². The molecule has 2 nitrogen and oxygen atoms in total. The van der Waals surface area contributed by atoms with Crippen molar-refractivity contribution in [2.24, 2.45) is 0 Å². The lowest BCUT2D eigenvalue weighted by molar-refractivity contribution is 0.597. The van der Waals surface area contributed by atoms with E-state index in [1.807, 2.05) is 20.1 Å². The van der Waals surface area contributed by atoms with Crippen LogP contribution in [0.2, 0.25) is 5.02 Å². The van der Waals surface area contributed by atoms with Crippen molar-refractivity contribution < 1.29 is 13.0 Å². The molecule has 0 spiro atoms. The first-order chi connectivity index (χ1) is 13.5. The number of halogens is 3. The van der Waals surface area contributed by atoms with Crippen molar-refractivity contribution in [1.82, 2.24) is 0 Å². The van der Waals surface area contributed by atoms with Gasteiger partial charge in [0.1, 0.15) is 11.6 Å². The highest BCUT2D eigenvalue weighted by atomic mass is 35.5. The van der Waals surface area contributed by atoms with Gasteiger partial charge in [-0.3, -0.25) is 4.31 Å². The smallest absolute Gasteiger partial charge is 0.153 e. The van der Waals surface area contributed by atoms with Gasteiger partial charge in [0, 0.05) is 17.6 Å². The summed E-state index contributed by atoms with van der Waals surface area (Å²) in [5.41, 5.74) is 0.00688. The van der Waals surface area contributed by atoms with E-state index < -0.39 is 22.6 Å². The van der Waals surface area contributed by atoms with E-state index in [4.69, 9.17) is 11.6 Å². The van der Waals surface area contributed by atoms with Gasteiger partial charge in [-0.05, 0) is 61.2 Å². The second-order valence-electron chi connectivity index (χ2n) is 5.10. The topological polar surface area (TPSA) is 20.3 Å². The molecule has 7 heteroatoms. The summed E-state index contributed by atoms with van der Waals surface area (Å²) in [7, 11) is -1.64. The number of anilines is 1. The first-order valence-electron chi connectivity index (χ1n) is 8.75. The highest BCUT2D eigenvalue weighted by Gasteiger charge is 2.20. The van der Waals surface area contributed by atoms with Gasteiger partial charge in [0.05, 0.1) is 10.6 Å². The van der Waals surface area contributed by atoms with Crippen LogP contribution in [-0.4, -0.2) is 22.8 Å². The molecule has 0 heterocycles. The fraction of sp³-hybridized carbons (Fsp3) is 0.333. The average molecular weight is 446 g/mol. The zero-order valence-electron chi connectivity index (χ0n) is 16.3. The Morgan fingerprint density at radius 2 is 1.68 bits per heavy atom. The second-order valence-corrected chi connectivity index (χ2v) is 7.93. The van der Waals surface area contributed by atoms with Gasteiger partial charge in [-0.1, -0.05) is 25.4 Å². The fourth-order valence-corrected chi connectivity index (χ4v) is 4.01. The van der Waals surface area contributed by atoms with Crippen molar-refractivity contribution in [1.29, 1.82) is 0 Å². The quantitative estimate of drug-likeness (QED) is 0.338. The average Bonchev–Trinajstić information content (AvgIpc) is 2.73. The van der Waals surface area contributed by atoms with Crippen LogP contribution in [0, 0.1) is 24.5 Å². The summed E-state index contributed by atoms with van der Waals surface area (Å²) in [6.07, 6.45) is 11.7. The van der Waals surface area contributed by atoms with Crippen molar-refractivity contribution in [2.75, 3.05) is 22.9 Å². The third-order valence-electron chi connectivity index (χ3n) is 3.35. The van der Waals surface area contributed by atoms with Gasteiger partial charge in [-0.2, -0.15) is 11.8 Å². The molecule has 0 aliphatic rings. The maximum atomic E-state index is 14.2. The zero-order valence-corrected chi connectivity index (χ0v) is 18.7. The molecule has 1 atom stereocenters. The highest BCUT2D eigenvalue weighted by molar-refractivity contribution is 7.98. The van der Waals surface area contributed by atoms with Crippen LogP contribution in [0.1, 0.15) is 26.7 Å². The van der Waals surface area contributed by atoms with Crippen molar-refractivity contribution in [2.45, 2.75) is 31.6 Å². The Morgan fingerprint density at radius 1 is 1.07 bits per heavy atom. The Morgan fingerprint density at radius 3 is 2.25 bits per heavy atom. The van der Waals surface area contributed by atoms with Gasteiger partial charge in [-0.15, -0.1) is 12.8 Å². The molecule has 0 radical (unpaired) electrons. The lowest BCUT2D eigenvalue weighted by atomic mass is 10.2. The van der Waals surface area contributed by atoms with Crippen molar-refractivity contribution in [3.63, 3.8) is 0 Å². The van der Waals surface area contributed by atoms with E-state index in [-0.39, 0.29) is 5.69 Å². The first kappa shape index (κ1) is 26.4. The zero-order chi connectivity index (χ0) is 21.5. The van der Waals surface area contributed by atoms with Crippen LogP contribution in [0.5, 0.6) is 0 Å². The van der Waals surface area contributed by atoms with Crippen LogP contribution < -0.4 is 4.31 Å². The van der Waals surface area contributed by atoms with Crippen molar-refractivity contribution >= 4 is 40.0 Å². The largest absolute Gasteiger partial charge is 0.285 e. The molecule has 2 rings (SSSR count). The van der Waals surface area contributed by atoms with Crippen molar-refractivity contribution in [3.8, 4) is 12.8 Å². The second kappa shape index (κ2) is 15.4. The number of rotatable bonds is 8. The van der Waals surface area contributed by atoms with Gasteiger partial charge in [0.15, 0.2) is 11.0 Å². The van der Waals surface area contributed by atoms with Crippen LogP contribution in [0.3, 0.4) is 0 Å². The molecule has 2 aromatic carbocycles. The van der Waals surface area contributed by atoms with Crippen LogP contribution in [-0.2, 0) is 11.0 Å². The number of unbranched alkanes of at least 4 members (excludes halogenated alkanes) is 1. The maximum Gasteiger partial charge on any atom is 0.153 e. The molecule has 0 aliphatic carbocycles. The van der Waals surface area contributed by atoms with Crippen molar-refractivity contribution in [3.05, 3.63) is 59.1 Å². The third kappa shape index (κ3) is 8.64. The van der Waals surface area contributed by atoms with Crippen LogP contribution >= 0.6 is 23.4 Å². The molecule has 154 valence electrons. The van der Waals surface area contributed by atoms with E-state index in [9.17, 15) is 13.0 Å². The minimum atomic E-state index is -1.64. The SMILES string of the molecule is C#C.CC.CSCCCCN(c1cc(F)ccc1F)S(=O)c1ccc(Cl)cc1. The Bertz CT molecular complexity index is 739. The highest BCUT2D eigenvalue weighted by Crippen LogP contribution is 2.26. The molecule has 0 bridgehead atoms. The van der Waals surface area contributed by atoms with Gasteiger partial charge in [-0.25, -0.2) is 13.0 Å². The Kier molecular flexibility index (Phi) is 14.5. The minimum Gasteiger partial charge on any atom is -0.285 e. The third-order valence-corrected chi connectivity index (χ3v) is 5.76. The molecule has 0 aromatic heterocycles. The predicted molar refractivity (Wildman–Crippen MR) is 120 cm³/mol. The van der Waals surface area contributed by atoms with E-state index in [0.29, 0.717) is 16.5 Å². The molecule has 28 heavy (non-hydrogen) atoms. The molecule has 0 amide bonds. The summed E-state index contributed by atoms with van der Waals surface area (Å²) in [4.78, 5) is 0.493. The molecule has 0 N–H and O–H groups in total. The van der Waals surface area contributed by atoms with Gasteiger partial charge in [0.25, 0.3) is 0 Å². The van der Waals surface area contributed by atoms with Crippen LogP contribution in [0.25, 0.3) is 0 Å². The predicted octanol–water partition coefficient (Wildman–Crippen LogP) is 6.57. The first-order valence-corrected chi connectivity index (χ1v) is 11.6. The number of hydrogen-bond donors (Lipinski definition) is 0. The molecule has 0 saturated heterocycles. The number of hydrogen-bond acceptors (Lipinski definition) is 2. The Hall–Kier alpha value is -1.55. The van der Waals surface area contributed by atoms with Gasteiger partial charge >= 0.3 is 0 Å². The number of nitrogens with zero attached hydrogens (tertiary/aromatic N) is 1. The summed E-state index contributed by atoms with van der Waals surface area (Å²) in [6.45, 7) is 4.37. The van der Waals surface area contributed by atoms with E-state index >= 15 is 0 Å². The van der Waals surface area contributed by atoms with E-state index in [1.165, 1.54) is 4.31 Å². The standard InChI is InChI=1S/C17H18ClF2NOS2.C2H6.C2H2/c1-23-11-3-2-10-21(17-12-14(19)6-9-16(17)20)24(22)15-7-4-13(18)5-8-15;2*1-2/h4-9,12H,2-3,10-11H2,1H3;1-2H3;1-2H. The Labute approximate surface area is 179 Å². The lowest BCUT2D eigenvalue weighted by Crippen LogP contribution is -2.28. The fourth-order valence-electron chi connectivity index (χ4n) is 2.15. The monoisotopic (exact) mass is 445 g/mol. The summed E-state index contributed by atoms with van der Waals surface area (Å²) in [6, 6.07) is 9.70. The summed E-state index contributed by atoms with van der Waals surface area (Å²) in [5.74, 6) is -0.190. The summed E-state index contributed by atoms with van der Waals surface area (Å²) in [5, 5.41) is 0.527. The molecule has 2 aromatic rings. The Balaban J connectivity index is 0.00000171. The summed E-state index contributed by atoms with van der Waals surface area (Å²) >= 11 is 7.57. The molecule has 0 saturated carbocycles. The summed E-state index contributed by atoms with van der Waals surface area (Å²) < 4.78 is 42.0. The minimum absolute atomic E-state index is 0.00688. The molecular weight excluding hydrogens is 420 g/mol. The molecular formula is C21H26ClF2NOS2. The number of terminal acetylenes is 1. The van der Waals surface area contributed by atoms with Crippen LogP contribution in [0.15, 0.2) is 47.4 Å². The molecule has 1 unspecified atom stereocenters. The van der Waals surface area contributed by atoms with E-state index in [1.54, 1.807) is 36.0 Å². The van der Waals surface area contributed by atoms with E-state index in [2.05, 4.69) is 12.8 Å². The molecule has 0 fully saturated rings. The van der Waals surface area contributed by atoms with Crippen LogP contribution in [0.4, 0.5) is 14.5 Å². The lowest BCUT2D eigenvalue weighted by Gasteiger charge is -2.24. The maximum absolute atomic E-state index is 14.2.